The van der Waals surface area contributed by atoms with Gasteiger partial charge in [0.05, 0.1) is 18.2 Å². The first-order chi connectivity index (χ1) is 8.10. The minimum atomic E-state index is -0.313. The molecule has 1 atom stereocenters. The molecule has 4 heteroatoms. The molecule has 0 aromatic heterocycles. The van der Waals surface area contributed by atoms with Crippen LogP contribution in [0.15, 0.2) is 0 Å². The van der Waals surface area contributed by atoms with Crippen LogP contribution < -0.4 is 10.6 Å². The number of carbonyl (C=O) groups excluding carboxylic acids is 1. The van der Waals surface area contributed by atoms with E-state index in [4.69, 9.17) is 4.74 Å². The van der Waals surface area contributed by atoms with Gasteiger partial charge < -0.3 is 15.4 Å². The van der Waals surface area contributed by atoms with Crippen molar-refractivity contribution in [3.63, 3.8) is 0 Å². The highest BCUT2D eigenvalue weighted by molar-refractivity contribution is 5.86. The molecule has 0 bridgehead atoms. The van der Waals surface area contributed by atoms with E-state index in [1.165, 1.54) is 0 Å². The summed E-state index contributed by atoms with van der Waals surface area (Å²) in [5.41, 5.74) is -0.313. The second kappa shape index (κ2) is 6.97. The molecule has 1 heterocycles. The molecule has 17 heavy (non-hydrogen) atoms. The highest BCUT2D eigenvalue weighted by Crippen LogP contribution is 2.24. The summed E-state index contributed by atoms with van der Waals surface area (Å²) in [4.78, 5) is 12.2. The molecule has 0 aliphatic carbocycles. The molecule has 0 aromatic rings. The van der Waals surface area contributed by atoms with E-state index in [2.05, 4.69) is 17.6 Å². The fourth-order valence-electron chi connectivity index (χ4n) is 2.38. The van der Waals surface area contributed by atoms with Crippen LogP contribution in [0.3, 0.4) is 0 Å². The molecule has 2 N–H and O–H groups in total. The second-order valence-electron chi connectivity index (χ2n) is 5.04. The van der Waals surface area contributed by atoms with E-state index < -0.39 is 0 Å². The lowest BCUT2D eigenvalue weighted by Gasteiger charge is -2.27. The van der Waals surface area contributed by atoms with Crippen molar-refractivity contribution in [2.24, 2.45) is 0 Å². The average molecular weight is 242 g/mol. The minimum absolute atomic E-state index is 0.143. The molecule has 1 saturated heterocycles. The Kier molecular flexibility index (Phi) is 5.92. The summed E-state index contributed by atoms with van der Waals surface area (Å²) < 4.78 is 5.41. The van der Waals surface area contributed by atoms with Crippen molar-refractivity contribution in [3.05, 3.63) is 0 Å². The van der Waals surface area contributed by atoms with Gasteiger partial charge in [0.25, 0.3) is 0 Å². The van der Waals surface area contributed by atoms with Crippen LogP contribution in [0.4, 0.5) is 0 Å². The Balaban J connectivity index is 2.33. The van der Waals surface area contributed by atoms with Gasteiger partial charge in [0.15, 0.2) is 0 Å². The molecule has 100 valence electrons. The molecule has 1 fully saturated rings. The van der Waals surface area contributed by atoms with E-state index in [0.717, 1.165) is 32.2 Å². The van der Waals surface area contributed by atoms with Crippen molar-refractivity contribution >= 4 is 5.91 Å². The maximum absolute atomic E-state index is 12.2. The van der Waals surface area contributed by atoms with Crippen LogP contribution in [-0.4, -0.2) is 37.2 Å². The van der Waals surface area contributed by atoms with E-state index in [9.17, 15) is 4.79 Å². The zero-order valence-electron chi connectivity index (χ0n) is 11.3. The monoisotopic (exact) mass is 242 g/mol. The van der Waals surface area contributed by atoms with Gasteiger partial charge in [-0.05, 0) is 39.7 Å². The molecule has 0 saturated carbocycles. The van der Waals surface area contributed by atoms with E-state index in [-0.39, 0.29) is 17.6 Å². The number of ether oxygens (including phenoxy) is 1. The van der Waals surface area contributed by atoms with Crippen molar-refractivity contribution in [3.8, 4) is 0 Å². The van der Waals surface area contributed by atoms with Crippen LogP contribution in [0.5, 0.6) is 0 Å². The number of rotatable bonds is 7. The number of hydrogen-bond donors (Lipinski definition) is 2. The predicted octanol–water partition coefficient (Wildman–Crippen LogP) is 1.45. The standard InChI is InChI=1S/C13H26N2O2/c1-4-6-13(7-5-8-15-13)12(16)14-9-10-17-11(2)3/h11,15H,4-10H2,1-3H3,(H,14,16). The van der Waals surface area contributed by atoms with Gasteiger partial charge in [-0.2, -0.15) is 0 Å². The Morgan fingerprint density at radius 2 is 2.29 bits per heavy atom. The third-order valence-electron chi connectivity index (χ3n) is 3.19. The first-order valence-corrected chi connectivity index (χ1v) is 6.75. The lowest BCUT2D eigenvalue weighted by atomic mass is 9.91. The number of amides is 1. The van der Waals surface area contributed by atoms with Crippen molar-refractivity contribution in [2.45, 2.75) is 58.1 Å². The summed E-state index contributed by atoms with van der Waals surface area (Å²) in [6, 6.07) is 0. The molecule has 1 amide bonds. The minimum Gasteiger partial charge on any atom is -0.377 e. The van der Waals surface area contributed by atoms with Crippen LogP contribution in [0, 0.1) is 0 Å². The van der Waals surface area contributed by atoms with Crippen molar-refractivity contribution in [2.75, 3.05) is 19.7 Å². The summed E-state index contributed by atoms with van der Waals surface area (Å²) in [5, 5.41) is 6.35. The van der Waals surface area contributed by atoms with Crippen LogP contribution >= 0.6 is 0 Å². The van der Waals surface area contributed by atoms with Gasteiger partial charge in [0.2, 0.25) is 5.91 Å². The summed E-state index contributed by atoms with van der Waals surface area (Å²) in [7, 11) is 0. The maximum atomic E-state index is 12.2. The Labute approximate surface area is 104 Å². The molecular weight excluding hydrogens is 216 g/mol. The van der Waals surface area contributed by atoms with Crippen LogP contribution in [-0.2, 0) is 9.53 Å². The number of nitrogens with one attached hydrogen (secondary N) is 2. The zero-order chi connectivity index (χ0) is 12.7. The number of carbonyl (C=O) groups is 1. The molecule has 0 spiro atoms. The van der Waals surface area contributed by atoms with Gasteiger partial charge >= 0.3 is 0 Å². The first-order valence-electron chi connectivity index (χ1n) is 6.75. The van der Waals surface area contributed by atoms with Crippen molar-refractivity contribution in [1.82, 2.24) is 10.6 Å². The topological polar surface area (TPSA) is 50.4 Å². The molecule has 1 aliphatic heterocycles. The maximum Gasteiger partial charge on any atom is 0.240 e. The van der Waals surface area contributed by atoms with Gasteiger partial charge in [-0.25, -0.2) is 0 Å². The highest BCUT2D eigenvalue weighted by atomic mass is 16.5. The van der Waals surface area contributed by atoms with E-state index >= 15 is 0 Å². The lowest BCUT2D eigenvalue weighted by Crippen LogP contribution is -2.54. The smallest absolute Gasteiger partial charge is 0.240 e. The second-order valence-corrected chi connectivity index (χ2v) is 5.04. The fourth-order valence-corrected chi connectivity index (χ4v) is 2.38. The molecule has 1 rings (SSSR count). The molecular formula is C13H26N2O2. The fraction of sp³-hybridized carbons (Fsp3) is 0.923. The van der Waals surface area contributed by atoms with E-state index in [1.807, 2.05) is 13.8 Å². The molecule has 4 nitrogen and oxygen atoms in total. The Morgan fingerprint density at radius 3 is 2.82 bits per heavy atom. The average Bonchev–Trinajstić information content (AvgIpc) is 2.74. The molecule has 1 aliphatic rings. The number of hydrogen-bond acceptors (Lipinski definition) is 3. The molecule has 0 aromatic carbocycles. The summed E-state index contributed by atoms with van der Waals surface area (Å²) in [5.74, 6) is 0.143. The Hall–Kier alpha value is -0.610. The molecule has 1 unspecified atom stereocenters. The summed E-state index contributed by atoms with van der Waals surface area (Å²) >= 11 is 0. The Bertz CT molecular complexity index is 236. The third kappa shape index (κ3) is 4.28. The lowest BCUT2D eigenvalue weighted by molar-refractivity contribution is -0.127. The predicted molar refractivity (Wildman–Crippen MR) is 69.0 cm³/mol. The van der Waals surface area contributed by atoms with Crippen molar-refractivity contribution < 1.29 is 9.53 Å². The summed E-state index contributed by atoms with van der Waals surface area (Å²) in [6.07, 6.45) is 4.22. The van der Waals surface area contributed by atoms with Crippen LogP contribution in [0.1, 0.15) is 46.5 Å². The highest BCUT2D eigenvalue weighted by Gasteiger charge is 2.39. The van der Waals surface area contributed by atoms with E-state index in [0.29, 0.717) is 13.2 Å². The third-order valence-corrected chi connectivity index (χ3v) is 3.19. The van der Waals surface area contributed by atoms with Crippen LogP contribution in [0.2, 0.25) is 0 Å². The van der Waals surface area contributed by atoms with Gasteiger partial charge in [-0.15, -0.1) is 0 Å². The van der Waals surface area contributed by atoms with Gasteiger partial charge in [-0.3, -0.25) is 4.79 Å². The largest absolute Gasteiger partial charge is 0.377 e. The van der Waals surface area contributed by atoms with Gasteiger partial charge in [0, 0.05) is 6.54 Å². The van der Waals surface area contributed by atoms with Gasteiger partial charge in [0.1, 0.15) is 0 Å². The first kappa shape index (κ1) is 14.5. The SMILES string of the molecule is CCCC1(C(=O)NCCOC(C)C)CCCN1. The molecule has 0 radical (unpaired) electrons. The zero-order valence-corrected chi connectivity index (χ0v) is 11.3. The quantitative estimate of drug-likeness (QED) is 0.664. The summed E-state index contributed by atoms with van der Waals surface area (Å²) in [6.45, 7) is 8.26. The van der Waals surface area contributed by atoms with Gasteiger partial charge in [-0.1, -0.05) is 13.3 Å². The van der Waals surface area contributed by atoms with Crippen LogP contribution in [0.25, 0.3) is 0 Å². The van der Waals surface area contributed by atoms with Crippen molar-refractivity contribution in [1.29, 1.82) is 0 Å². The van der Waals surface area contributed by atoms with E-state index in [1.54, 1.807) is 0 Å². The Morgan fingerprint density at radius 1 is 1.53 bits per heavy atom. The normalized spacial score (nSPS) is 24.2.